The molecule has 3 aromatic heterocycles. The molecule has 0 amide bonds. The Morgan fingerprint density at radius 1 is 1.18 bits per heavy atom. The standard InChI is InChI=1S/C16H15FN4O/c1-16(2,22)11-8-20-15(18)14-10(11)3-4-12(21-14)9-5-6-19-13(17)7-9/h3-8,22H,1-2H3,(H2,18,20). The molecular weight excluding hydrogens is 283 g/mol. The fourth-order valence-corrected chi connectivity index (χ4v) is 2.35. The van der Waals surface area contributed by atoms with Crippen molar-refractivity contribution in [1.29, 1.82) is 0 Å². The van der Waals surface area contributed by atoms with E-state index in [1.54, 1.807) is 38.2 Å². The Morgan fingerprint density at radius 2 is 1.95 bits per heavy atom. The average molecular weight is 298 g/mol. The third kappa shape index (κ3) is 2.48. The number of nitrogens with zero attached hydrogens (tertiary/aromatic N) is 3. The number of fused-ring (bicyclic) bond motifs is 1. The van der Waals surface area contributed by atoms with Crippen molar-refractivity contribution >= 4 is 16.7 Å². The summed E-state index contributed by atoms with van der Waals surface area (Å²) in [5.74, 6) is -0.310. The third-order valence-electron chi connectivity index (χ3n) is 3.44. The molecule has 3 heterocycles. The van der Waals surface area contributed by atoms with E-state index in [2.05, 4.69) is 15.0 Å². The fourth-order valence-electron chi connectivity index (χ4n) is 2.35. The van der Waals surface area contributed by atoms with E-state index in [9.17, 15) is 9.50 Å². The molecule has 0 saturated carbocycles. The van der Waals surface area contributed by atoms with E-state index in [0.717, 1.165) is 5.39 Å². The Morgan fingerprint density at radius 3 is 2.64 bits per heavy atom. The minimum absolute atomic E-state index is 0.263. The van der Waals surface area contributed by atoms with Crippen molar-refractivity contribution in [2.75, 3.05) is 5.73 Å². The monoisotopic (exact) mass is 298 g/mol. The van der Waals surface area contributed by atoms with Crippen LogP contribution in [0.1, 0.15) is 19.4 Å². The highest BCUT2D eigenvalue weighted by atomic mass is 19.1. The molecule has 3 N–H and O–H groups in total. The van der Waals surface area contributed by atoms with Crippen LogP contribution >= 0.6 is 0 Å². The number of aromatic nitrogens is 3. The van der Waals surface area contributed by atoms with Gasteiger partial charge in [0.1, 0.15) is 11.3 Å². The largest absolute Gasteiger partial charge is 0.386 e. The summed E-state index contributed by atoms with van der Waals surface area (Å²) in [6.45, 7) is 3.34. The molecule has 6 heteroatoms. The lowest BCUT2D eigenvalue weighted by Gasteiger charge is -2.20. The van der Waals surface area contributed by atoms with E-state index >= 15 is 0 Å². The molecule has 0 atom stereocenters. The van der Waals surface area contributed by atoms with Gasteiger partial charge in [-0.1, -0.05) is 6.07 Å². The zero-order chi connectivity index (χ0) is 15.9. The Kier molecular flexibility index (Phi) is 3.26. The average Bonchev–Trinajstić information content (AvgIpc) is 2.46. The highest BCUT2D eigenvalue weighted by molar-refractivity contribution is 5.91. The summed E-state index contributed by atoms with van der Waals surface area (Å²) < 4.78 is 13.3. The molecule has 0 spiro atoms. The van der Waals surface area contributed by atoms with E-state index in [0.29, 0.717) is 22.3 Å². The number of aliphatic hydroxyl groups is 1. The second kappa shape index (κ2) is 4.99. The first-order valence-corrected chi connectivity index (χ1v) is 6.76. The highest BCUT2D eigenvalue weighted by Gasteiger charge is 2.21. The topological polar surface area (TPSA) is 84.9 Å². The number of hydrogen-bond donors (Lipinski definition) is 2. The van der Waals surface area contributed by atoms with Crippen LogP contribution in [0.15, 0.2) is 36.7 Å². The zero-order valence-corrected chi connectivity index (χ0v) is 12.2. The normalized spacial score (nSPS) is 11.8. The van der Waals surface area contributed by atoms with Crippen molar-refractivity contribution in [3.05, 3.63) is 48.2 Å². The molecule has 0 fully saturated rings. The van der Waals surface area contributed by atoms with Crippen molar-refractivity contribution < 1.29 is 9.50 Å². The zero-order valence-electron chi connectivity index (χ0n) is 12.2. The lowest BCUT2D eigenvalue weighted by atomic mass is 9.95. The predicted molar refractivity (Wildman–Crippen MR) is 82.4 cm³/mol. The van der Waals surface area contributed by atoms with Crippen LogP contribution in [-0.2, 0) is 5.60 Å². The van der Waals surface area contributed by atoms with Crippen molar-refractivity contribution in [3.8, 4) is 11.3 Å². The third-order valence-corrected chi connectivity index (χ3v) is 3.44. The van der Waals surface area contributed by atoms with Crippen molar-refractivity contribution in [3.63, 3.8) is 0 Å². The fraction of sp³-hybridized carbons (Fsp3) is 0.188. The van der Waals surface area contributed by atoms with Crippen molar-refractivity contribution in [2.45, 2.75) is 19.4 Å². The summed E-state index contributed by atoms with van der Waals surface area (Å²) in [6, 6.07) is 6.53. The van der Waals surface area contributed by atoms with Crippen LogP contribution in [-0.4, -0.2) is 20.1 Å². The van der Waals surface area contributed by atoms with E-state index < -0.39 is 11.5 Å². The Labute approximate surface area is 126 Å². The number of rotatable bonds is 2. The van der Waals surface area contributed by atoms with Gasteiger partial charge in [-0.05, 0) is 26.0 Å². The lowest BCUT2D eigenvalue weighted by molar-refractivity contribution is 0.0798. The number of pyridine rings is 3. The van der Waals surface area contributed by atoms with Crippen LogP contribution in [0.25, 0.3) is 22.2 Å². The summed E-state index contributed by atoms with van der Waals surface area (Å²) >= 11 is 0. The molecule has 0 unspecified atom stereocenters. The number of anilines is 1. The minimum Gasteiger partial charge on any atom is -0.386 e. The summed E-state index contributed by atoms with van der Waals surface area (Å²) in [5.41, 5.74) is 7.12. The van der Waals surface area contributed by atoms with Gasteiger partial charge in [0, 0.05) is 35.0 Å². The minimum atomic E-state index is -1.06. The smallest absolute Gasteiger partial charge is 0.213 e. The molecule has 22 heavy (non-hydrogen) atoms. The molecule has 3 rings (SSSR count). The first kappa shape index (κ1) is 14.3. The molecule has 0 saturated heterocycles. The molecule has 0 radical (unpaired) electrons. The van der Waals surface area contributed by atoms with Crippen LogP contribution in [0.3, 0.4) is 0 Å². The van der Waals surface area contributed by atoms with Gasteiger partial charge >= 0.3 is 0 Å². The molecular formula is C16H15FN4O. The maximum absolute atomic E-state index is 13.3. The highest BCUT2D eigenvalue weighted by Crippen LogP contribution is 2.31. The molecule has 0 aromatic carbocycles. The summed E-state index contributed by atoms with van der Waals surface area (Å²) in [6.07, 6.45) is 2.93. The van der Waals surface area contributed by atoms with Crippen LogP contribution in [0.2, 0.25) is 0 Å². The first-order chi connectivity index (χ1) is 10.4. The molecule has 5 nitrogen and oxygen atoms in total. The van der Waals surface area contributed by atoms with E-state index in [1.165, 1.54) is 12.3 Å². The van der Waals surface area contributed by atoms with Crippen LogP contribution in [0.5, 0.6) is 0 Å². The van der Waals surface area contributed by atoms with Gasteiger partial charge in [0.25, 0.3) is 0 Å². The predicted octanol–water partition coefficient (Wildman–Crippen LogP) is 2.64. The Bertz CT molecular complexity index is 858. The van der Waals surface area contributed by atoms with Crippen LogP contribution in [0, 0.1) is 5.95 Å². The Hall–Kier alpha value is -2.60. The van der Waals surface area contributed by atoms with Crippen molar-refractivity contribution in [2.24, 2.45) is 0 Å². The van der Waals surface area contributed by atoms with Crippen LogP contribution < -0.4 is 5.73 Å². The lowest BCUT2D eigenvalue weighted by Crippen LogP contribution is -2.17. The number of hydrogen-bond acceptors (Lipinski definition) is 5. The quantitative estimate of drug-likeness (QED) is 0.710. The number of nitrogens with two attached hydrogens (primary N) is 1. The first-order valence-electron chi connectivity index (χ1n) is 6.76. The van der Waals surface area contributed by atoms with E-state index in [-0.39, 0.29) is 5.82 Å². The van der Waals surface area contributed by atoms with Gasteiger partial charge in [-0.25, -0.2) is 15.0 Å². The molecule has 0 aliphatic heterocycles. The Balaban J connectivity index is 2.25. The molecule has 3 aromatic rings. The molecule has 0 aliphatic rings. The van der Waals surface area contributed by atoms with Crippen LogP contribution in [0.4, 0.5) is 10.2 Å². The maximum atomic E-state index is 13.3. The van der Waals surface area contributed by atoms with E-state index in [4.69, 9.17) is 5.73 Å². The summed E-state index contributed by atoms with van der Waals surface area (Å²) in [7, 11) is 0. The van der Waals surface area contributed by atoms with Gasteiger partial charge in [0.2, 0.25) is 5.95 Å². The molecule has 112 valence electrons. The number of halogens is 1. The van der Waals surface area contributed by atoms with Gasteiger partial charge < -0.3 is 10.8 Å². The number of nitrogen functional groups attached to an aromatic ring is 1. The summed E-state index contributed by atoms with van der Waals surface area (Å²) in [4.78, 5) is 12.1. The van der Waals surface area contributed by atoms with Gasteiger partial charge in [0.05, 0.1) is 11.3 Å². The summed E-state index contributed by atoms with van der Waals surface area (Å²) in [5, 5.41) is 11.0. The molecule has 0 bridgehead atoms. The second-order valence-electron chi connectivity index (χ2n) is 5.58. The van der Waals surface area contributed by atoms with Gasteiger partial charge in [-0.2, -0.15) is 4.39 Å². The second-order valence-corrected chi connectivity index (χ2v) is 5.58. The SMILES string of the molecule is CC(C)(O)c1cnc(N)c2nc(-c3ccnc(F)c3)ccc12. The van der Waals surface area contributed by atoms with Gasteiger partial charge in [0.15, 0.2) is 0 Å². The van der Waals surface area contributed by atoms with Gasteiger partial charge in [-0.3, -0.25) is 0 Å². The maximum Gasteiger partial charge on any atom is 0.213 e. The van der Waals surface area contributed by atoms with Crippen molar-refractivity contribution in [1.82, 2.24) is 15.0 Å². The van der Waals surface area contributed by atoms with E-state index in [1.807, 2.05) is 0 Å². The van der Waals surface area contributed by atoms with Gasteiger partial charge in [-0.15, -0.1) is 0 Å². The molecule has 0 aliphatic carbocycles.